The number of hydrogen-bond donors (Lipinski definition) is 2. The molecule has 20 heavy (non-hydrogen) atoms. The lowest BCUT2D eigenvalue weighted by Gasteiger charge is -2.11. The number of fused-ring (bicyclic) bond motifs is 3. The van der Waals surface area contributed by atoms with Gasteiger partial charge in [-0.1, -0.05) is 23.2 Å². The predicted molar refractivity (Wildman–Crippen MR) is 82.3 cm³/mol. The molecule has 1 aromatic carbocycles. The molecule has 0 saturated carbocycles. The number of halogens is 2. The Morgan fingerprint density at radius 2 is 2.05 bits per heavy atom. The third-order valence-electron chi connectivity index (χ3n) is 3.55. The number of carbonyl (C=O) groups is 1. The molecule has 1 aromatic heterocycles. The standard InChI is InChI=1S/C14H15Cl2N3O/c1-8(20)18-19-12-3-5-17-4-2-10(12)14-11(16)6-9(15)7-13(14)19/h6-7,17H,2-5H2,1H3,(H,18,20). The number of rotatable bonds is 1. The average Bonchev–Trinajstić information content (AvgIpc) is 2.54. The van der Waals surface area contributed by atoms with E-state index < -0.39 is 0 Å². The van der Waals surface area contributed by atoms with E-state index in [1.807, 2.05) is 10.7 Å². The van der Waals surface area contributed by atoms with Gasteiger partial charge in [0.1, 0.15) is 0 Å². The van der Waals surface area contributed by atoms with Crippen LogP contribution >= 0.6 is 23.2 Å². The Morgan fingerprint density at radius 1 is 1.30 bits per heavy atom. The zero-order chi connectivity index (χ0) is 14.3. The number of aromatic nitrogens is 1. The molecule has 2 heterocycles. The zero-order valence-electron chi connectivity index (χ0n) is 11.1. The fraction of sp³-hybridized carbons (Fsp3) is 0.357. The van der Waals surface area contributed by atoms with Crippen molar-refractivity contribution in [1.29, 1.82) is 0 Å². The van der Waals surface area contributed by atoms with Crippen LogP contribution < -0.4 is 10.7 Å². The quantitative estimate of drug-likeness (QED) is 0.850. The van der Waals surface area contributed by atoms with E-state index in [-0.39, 0.29) is 5.91 Å². The van der Waals surface area contributed by atoms with Gasteiger partial charge in [0.15, 0.2) is 0 Å². The molecule has 0 unspecified atom stereocenters. The molecular weight excluding hydrogens is 297 g/mol. The maximum atomic E-state index is 11.5. The van der Waals surface area contributed by atoms with Crippen molar-refractivity contribution < 1.29 is 4.79 Å². The molecule has 0 fully saturated rings. The minimum absolute atomic E-state index is 0.113. The van der Waals surface area contributed by atoms with E-state index in [0.29, 0.717) is 10.0 Å². The molecular formula is C14H15Cl2N3O. The molecule has 6 heteroatoms. The number of hydrogen-bond acceptors (Lipinski definition) is 2. The second-order valence-corrected chi connectivity index (χ2v) is 5.80. The van der Waals surface area contributed by atoms with Gasteiger partial charge in [0.25, 0.3) is 0 Å². The molecule has 3 rings (SSSR count). The summed E-state index contributed by atoms with van der Waals surface area (Å²) in [7, 11) is 0. The number of carbonyl (C=O) groups excluding carboxylic acids is 1. The molecule has 1 aliphatic heterocycles. The Balaban J connectivity index is 2.33. The third kappa shape index (κ3) is 2.28. The van der Waals surface area contributed by atoms with Crippen molar-refractivity contribution in [2.75, 3.05) is 18.5 Å². The van der Waals surface area contributed by atoms with Crippen LogP contribution in [0.4, 0.5) is 0 Å². The van der Waals surface area contributed by atoms with Crippen LogP contribution in [0.1, 0.15) is 18.2 Å². The highest BCUT2D eigenvalue weighted by Crippen LogP contribution is 2.35. The van der Waals surface area contributed by atoms with Crippen LogP contribution in [0.2, 0.25) is 10.0 Å². The molecule has 0 bridgehead atoms. The van der Waals surface area contributed by atoms with E-state index in [1.54, 1.807) is 6.07 Å². The van der Waals surface area contributed by atoms with Gasteiger partial charge >= 0.3 is 0 Å². The molecule has 0 aliphatic carbocycles. The van der Waals surface area contributed by atoms with Gasteiger partial charge in [0.05, 0.1) is 10.5 Å². The topological polar surface area (TPSA) is 46.1 Å². The van der Waals surface area contributed by atoms with Crippen molar-refractivity contribution in [2.45, 2.75) is 19.8 Å². The fourth-order valence-corrected chi connectivity index (χ4v) is 3.42. The monoisotopic (exact) mass is 311 g/mol. The number of benzene rings is 1. The first kappa shape index (κ1) is 13.7. The first-order valence-corrected chi connectivity index (χ1v) is 7.33. The molecule has 1 aliphatic rings. The molecule has 2 N–H and O–H groups in total. The van der Waals surface area contributed by atoms with E-state index in [4.69, 9.17) is 23.2 Å². The third-order valence-corrected chi connectivity index (χ3v) is 4.07. The van der Waals surface area contributed by atoms with Crippen LogP contribution in [0.25, 0.3) is 10.9 Å². The summed E-state index contributed by atoms with van der Waals surface area (Å²) in [5.74, 6) is -0.113. The van der Waals surface area contributed by atoms with Gasteiger partial charge in [-0.3, -0.25) is 14.9 Å². The molecule has 0 saturated heterocycles. The summed E-state index contributed by atoms with van der Waals surface area (Å²) in [6.07, 6.45) is 1.73. The molecule has 1 amide bonds. The maximum Gasteiger partial charge on any atom is 0.235 e. The Morgan fingerprint density at radius 3 is 2.80 bits per heavy atom. The molecule has 0 spiro atoms. The van der Waals surface area contributed by atoms with E-state index in [2.05, 4.69) is 10.7 Å². The maximum absolute atomic E-state index is 11.5. The normalized spacial score (nSPS) is 14.9. The summed E-state index contributed by atoms with van der Waals surface area (Å²) in [6, 6.07) is 3.60. The summed E-state index contributed by atoms with van der Waals surface area (Å²) in [4.78, 5) is 11.5. The summed E-state index contributed by atoms with van der Waals surface area (Å²) in [5.41, 5.74) is 6.03. The van der Waals surface area contributed by atoms with Crippen molar-refractivity contribution in [1.82, 2.24) is 9.99 Å². The molecule has 2 aromatic rings. The molecule has 0 atom stereocenters. The summed E-state index contributed by atoms with van der Waals surface area (Å²) in [5, 5.41) is 5.55. The summed E-state index contributed by atoms with van der Waals surface area (Å²) < 4.78 is 1.83. The highest BCUT2D eigenvalue weighted by Gasteiger charge is 2.21. The first-order valence-electron chi connectivity index (χ1n) is 6.57. The van der Waals surface area contributed by atoms with Gasteiger partial charge in [-0.15, -0.1) is 0 Å². The number of nitrogens with zero attached hydrogens (tertiary/aromatic N) is 1. The lowest BCUT2D eigenvalue weighted by atomic mass is 10.1. The van der Waals surface area contributed by atoms with Gasteiger partial charge in [-0.2, -0.15) is 0 Å². The van der Waals surface area contributed by atoms with Gasteiger partial charge < -0.3 is 5.32 Å². The van der Waals surface area contributed by atoms with Crippen LogP contribution in [0.15, 0.2) is 12.1 Å². The highest BCUT2D eigenvalue weighted by molar-refractivity contribution is 6.39. The highest BCUT2D eigenvalue weighted by atomic mass is 35.5. The lowest BCUT2D eigenvalue weighted by Crippen LogP contribution is -2.23. The van der Waals surface area contributed by atoms with Gasteiger partial charge in [-0.25, -0.2) is 0 Å². The van der Waals surface area contributed by atoms with Gasteiger partial charge in [0, 0.05) is 36.0 Å². The lowest BCUT2D eigenvalue weighted by molar-refractivity contribution is -0.115. The number of amides is 1. The smallest absolute Gasteiger partial charge is 0.235 e. The first-order chi connectivity index (χ1) is 9.58. The van der Waals surface area contributed by atoms with E-state index in [1.165, 1.54) is 12.5 Å². The average molecular weight is 312 g/mol. The van der Waals surface area contributed by atoms with Crippen molar-refractivity contribution in [2.24, 2.45) is 0 Å². The van der Waals surface area contributed by atoms with Crippen molar-refractivity contribution in [3.05, 3.63) is 33.4 Å². The van der Waals surface area contributed by atoms with Gasteiger partial charge in [-0.05, 0) is 30.7 Å². The largest absolute Gasteiger partial charge is 0.316 e. The number of nitrogens with one attached hydrogen (secondary N) is 2. The Bertz CT molecular complexity index is 694. The minimum atomic E-state index is -0.113. The van der Waals surface area contributed by atoms with Crippen LogP contribution in [0.3, 0.4) is 0 Å². The Labute approximate surface area is 127 Å². The van der Waals surface area contributed by atoms with Crippen LogP contribution in [0, 0.1) is 0 Å². The van der Waals surface area contributed by atoms with E-state index >= 15 is 0 Å². The van der Waals surface area contributed by atoms with E-state index in [0.717, 1.165) is 42.5 Å². The van der Waals surface area contributed by atoms with Crippen LogP contribution in [-0.2, 0) is 17.6 Å². The fourth-order valence-electron chi connectivity index (χ4n) is 2.82. The zero-order valence-corrected chi connectivity index (χ0v) is 12.6. The van der Waals surface area contributed by atoms with Crippen molar-refractivity contribution >= 4 is 40.0 Å². The van der Waals surface area contributed by atoms with Crippen LogP contribution in [-0.4, -0.2) is 23.7 Å². The Kier molecular flexibility index (Phi) is 3.63. The molecule has 106 valence electrons. The van der Waals surface area contributed by atoms with Crippen molar-refractivity contribution in [3.63, 3.8) is 0 Å². The van der Waals surface area contributed by atoms with Crippen LogP contribution in [0.5, 0.6) is 0 Å². The van der Waals surface area contributed by atoms with E-state index in [9.17, 15) is 4.79 Å². The molecule has 0 radical (unpaired) electrons. The minimum Gasteiger partial charge on any atom is -0.316 e. The summed E-state index contributed by atoms with van der Waals surface area (Å²) >= 11 is 12.5. The predicted octanol–water partition coefficient (Wildman–Crippen LogP) is 2.73. The SMILES string of the molecule is CC(=O)Nn1c2c(c3c(Cl)cc(Cl)cc31)CCNCC2. The Hall–Kier alpha value is -1.23. The second-order valence-electron chi connectivity index (χ2n) is 4.96. The van der Waals surface area contributed by atoms with Gasteiger partial charge in [0.2, 0.25) is 5.91 Å². The van der Waals surface area contributed by atoms with Crippen molar-refractivity contribution in [3.8, 4) is 0 Å². The second kappa shape index (κ2) is 5.28. The summed E-state index contributed by atoms with van der Waals surface area (Å²) in [6.45, 7) is 3.29. The molecule has 4 nitrogen and oxygen atoms in total.